The molecular weight excluding hydrogens is 327 g/mol. The van der Waals surface area contributed by atoms with Crippen LogP contribution in [-0.4, -0.2) is 27.2 Å². The summed E-state index contributed by atoms with van der Waals surface area (Å²) in [5.74, 6) is 0. The molecule has 0 radical (unpaired) electrons. The molecule has 1 fully saturated rings. The van der Waals surface area contributed by atoms with Gasteiger partial charge in [0.1, 0.15) is 0 Å². The summed E-state index contributed by atoms with van der Waals surface area (Å²) in [6.45, 7) is 3.46. The predicted octanol–water partition coefficient (Wildman–Crippen LogP) is 1.40. The molecule has 0 unspecified atom stereocenters. The fourth-order valence-electron chi connectivity index (χ4n) is 2.84. The third kappa shape index (κ3) is 2.66. The lowest BCUT2D eigenvalue weighted by molar-refractivity contribution is 0.365. The maximum Gasteiger partial charge on any atom is 0.318 e. The number of pyridine rings is 1. The first-order chi connectivity index (χ1) is 10.0. The topological polar surface area (TPSA) is 68.9 Å². The minimum absolute atomic E-state index is 0. The molecule has 0 aromatic carbocycles. The number of aromatic nitrogens is 3. The fourth-order valence-corrected chi connectivity index (χ4v) is 2.98. The van der Waals surface area contributed by atoms with Crippen molar-refractivity contribution < 1.29 is 0 Å². The van der Waals surface area contributed by atoms with Crippen LogP contribution in [0.1, 0.15) is 24.6 Å². The van der Waals surface area contributed by atoms with Gasteiger partial charge in [0.05, 0.1) is 16.2 Å². The van der Waals surface area contributed by atoms with Gasteiger partial charge in [-0.1, -0.05) is 11.6 Å². The van der Waals surface area contributed by atoms with Crippen LogP contribution in [0.3, 0.4) is 0 Å². The minimum atomic E-state index is -0.539. The molecule has 0 amide bonds. The molecule has 1 N–H and O–H groups in total. The first kappa shape index (κ1) is 17.0. The Bertz CT molecular complexity index is 822. The number of hydrogen-bond donors (Lipinski definition) is 1. The summed E-state index contributed by atoms with van der Waals surface area (Å²) in [6.07, 6.45) is 1.62. The van der Waals surface area contributed by atoms with Crippen LogP contribution >= 0.6 is 24.0 Å². The number of fused-ring (bicyclic) bond motifs is 1. The summed E-state index contributed by atoms with van der Waals surface area (Å²) in [5.41, 5.74) is 0.739. The van der Waals surface area contributed by atoms with Gasteiger partial charge in [-0.15, -0.1) is 12.4 Å². The summed E-state index contributed by atoms with van der Waals surface area (Å²) >= 11 is 6.11. The maximum absolute atomic E-state index is 12.4. The van der Waals surface area contributed by atoms with E-state index in [0.717, 1.165) is 25.9 Å². The van der Waals surface area contributed by atoms with Crippen LogP contribution in [0.15, 0.2) is 15.7 Å². The summed E-state index contributed by atoms with van der Waals surface area (Å²) in [5, 5.41) is 3.75. The molecular formula is C14H18Cl2N4O2. The van der Waals surface area contributed by atoms with E-state index in [2.05, 4.69) is 10.3 Å². The molecule has 1 aliphatic heterocycles. The van der Waals surface area contributed by atoms with Crippen LogP contribution < -0.4 is 16.4 Å². The van der Waals surface area contributed by atoms with Gasteiger partial charge in [0.2, 0.25) is 0 Å². The van der Waals surface area contributed by atoms with Crippen LogP contribution in [0, 0.1) is 6.92 Å². The van der Waals surface area contributed by atoms with Crippen molar-refractivity contribution in [3.05, 3.63) is 37.5 Å². The van der Waals surface area contributed by atoms with Crippen LogP contribution in [0.25, 0.3) is 11.2 Å². The van der Waals surface area contributed by atoms with Crippen molar-refractivity contribution in [2.75, 3.05) is 13.1 Å². The molecule has 0 spiro atoms. The third-order valence-corrected chi connectivity index (χ3v) is 4.46. The van der Waals surface area contributed by atoms with Crippen molar-refractivity contribution in [2.24, 2.45) is 7.05 Å². The number of hydrogen-bond acceptors (Lipinski definition) is 4. The molecule has 2 aromatic heterocycles. The van der Waals surface area contributed by atoms with E-state index in [0.29, 0.717) is 21.9 Å². The highest BCUT2D eigenvalue weighted by Crippen LogP contribution is 2.23. The summed E-state index contributed by atoms with van der Waals surface area (Å²) in [4.78, 5) is 29.1. The molecule has 0 saturated carbocycles. The predicted molar refractivity (Wildman–Crippen MR) is 89.4 cm³/mol. The molecule has 6 nitrogen and oxygen atoms in total. The van der Waals surface area contributed by atoms with Crippen LogP contribution in [0.4, 0.5) is 0 Å². The third-order valence-electron chi connectivity index (χ3n) is 4.08. The summed E-state index contributed by atoms with van der Waals surface area (Å²) in [6, 6.07) is 1.71. The van der Waals surface area contributed by atoms with Gasteiger partial charge in [0, 0.05) is 13.1 Å². The number of rotatable bonds is 1. The lowest BCUT2D eigenvalue weighted by Crippen LogP contribution is -2.44. The van der Waals surface area contributed by atoms with Gasteiger partial charge >= 0.3 is 11.1 Å². The van der Waals surface area contributed by atoms with Gasteiger partial charge in [0.15, 0.2) is 5.65 Å². The number of nitrogens with one attached hydrogen (secondary N) is 1. The van der Waals surface area contributed by atoms with Crippen molar-refractivity contribution in [1.29, 1.82) is 0 Å². The second-order valence-electron chi connectivity index (χ2n) is 5.42. The van der Waals surface area contributed by atoms with E-state index in [9.17, 15) is 9.59 Å². The Morgan fingerprint density at radius 1 is 1.27 bits per heavy atom. The molecule has 1 saturated heterocycles. The van der Waals surface area contributed by atoms with Gasteiger partial charge in [-0.25, -0.2) is 4.98 Å². The lowest BCUT2D eigenvalue weighted by Gasteiger charge is -2.26. The zero-order valence-corrected chi connectivity index (χ0v) is 14.0. The van der Waals surface area contributed by atoms with Crippen molar-refractivity contribution in [3.8, 4) is 0 Å². The minimum Gasteiger partial charge on any atom is -0.317 e. The second kappa shape index (κ2) is 6.40. The Hall–Kier alpha value is -1.37. The Kier molecular flexibility index (Phi) is 4.94. The van der Waals surface area contributed by atoms with Gasteiger partial charge in [0.25, 0.3) is 0 Å². The van der Waals surface area contributed by atoms with E-state index in [1.54, 1.807) is 24.6 Å². The Balaban J connectivity index is 0.00000176. The second-order valence-corrected chi connectivity index (χ2v) is 5.83. The van der Waals surface area contributed by atoms with Gasteiger partial charge in [-0.05, 0) is 38.9 Å². The monoisotopic (exact) mass is 344 g/mol. The molecule has 1 aliphatic rings. The largest absolute Gasteiger partial charge is 0.318 e. The number of halogens is 2. The smallest absolute Gasteiger partial charge is 0.317 e. The highest BCUT2D eigenvalue weighted by Gasteiger charge is 2.22. The lowest BCUT2D eigenvalue weighted by atomic mass is 10.1. The number of piperidine rings is 1. The molecule has 120 valence electrons. The van der Waals surface area contributed by atoms with Crippen LogP contribution in [-0.2, 0) is 7.05 Å². The first-order valence-corrected chi connectivity index (χ1v) is 7.37. The van der Waals surface area contributed by atoms with E-state index >= 15 is 0 Å². The zero-order valence-electron chi connectivity index (χ0n) is 12.4. The van der Waals surface area contributed by atoms with Crippen molar-refractivity contribution in [1.82, 2.24) is 19.4 Å². The highest BCUT2D eigenvalue weighted by molar-refractivity contribution is 6.31. The molecule has 0 atom stereocenters. The van der Waals surface area contributed by atoms with Crippen molar-refractivity contribution in [3.63, 3.8) is 0 Å². The molecule has 22 heavy (non-hydrogen) atoms. The average molecular weight is 345 g/mol. The SMILES string of the molecule is Cc1nc2c(cc1Cl)n(C)c(=O)c(=O)n2C1CCNCC1.Cl. The standard InChI is InChI=1S/C14H17ClN4O2.ClH/c1-8-10(15)7-11-12(17-8)19(9-3-5-16-6-4-9)14(21)13(20)18(11)2;/h7,9,16H,3-6H2,1-2H3;1H. The quantitative estimate of drug-likeness (QED) is 0.794. The Labute approximate surface area is 138 Å². The summed E-state index contributed by atoms with van der Waals surface area (Å²) in [7, 11) is 1.58. The fraction of sp³-hybridized carbons (Fsp3) is 0.500. The van der Waals surface area contributed by atoms with E-state index in [4.69, 9.17) is 11.6 Å². The highest BCUT2D eigenvalue weighted by atomic mass is 35.5. The van der Waals surface area contributed by atoms with E-state index in [1.807, 2.05) is 0 Å². The first-order valence-electron chi connectivity index (χ1n) is 7.00. The van der Waals surface area contributed by atoms with E-state index < -0.39 is 11.1 Å². The number of nitrogens with zero attached hydrogens (tertiary/aromatic N) is 3. The Morgan fingerprint density at radius 2 is 1.91 bits per heavy atom. The molecule has 0 bridgehead atoms. The van der Waals surface area contributed by atoms with E-state index in [-0.39, 0.29) is 18.4 Å². The molecule has 0 aliphatic carbocycles. The van der Waals surface area contributed by atoms with Gasteiger partial charge < -0.3 is 9.88 Å². The summed E-state index contributed by atoms with van der Waals surface area (Å²) < 4.78 is 2.88. The van der Waals surface area contributed by atoms with Crippen molar-refractivity contribution in [2.45, 2.75) is 25.8 Å². The van der Waals surface area contributed by atoms with Gasteiger partial charge in [-0.2, -0.15) is 0 Å². The average Bonchev–Trinajstić information content (AvgIpc) is 2.49. The molecule has 8 heteroatoms. The molecule has 2 aromatic rings. The zero-order chi connectivity index (χ0) is 15.1. The van der Waals surface area contributed by atoms with Crippen LogP contribution in [0.5, 0.6) is 0 Å². The normalized spacial score (nSPS) is 15.8. The van der Waals surface area contributed by atoms with E-state index in [1.165, 1.54) is 4.57 Å². The van der Waals surface area contributed by atoms with Crippen molar-refractivity contribution >= 4 is 35.2 Å². The number of aryl methyl sites for hydroxylation is 2. The maximum atomic E-state index is 12.4. The van der Waals surface area contributed by atoms with Gasteiger partial charge in [-0.3, -0.25) is 14.2 Å². The molecule has 3 heterocycles. The Morgan fingerprint density at radius 3 is 2.55 bits per heavy atom. The van der Waals surface area contributed by atoms with Crippen LogP contribution in [0.2, 0.25) is 5.02 Å². The molecule has 3 rings (SSSR count).